The molecule has 0 aliphatic carbocycles. The van der Waals surface area contributed by atoms with E-state index in [1.54, 1.807) is 20.8 Å². The van der Waals surface area contributed by atoms with Gasteiger partial charge in [0.1, 0.15) is 11.6 Å². The minimum Gasteiger partial charge on any atom is -0.480 e. The summed E-state index contributed by atoms with van der Waals surface area (Å²) in [7, 11) is 0. The van der Waals surface area contributed by atoms with Crippen LogP contribution in [0.15, 0.2) is 12.3 Å². The molecular weight excluding hydrogens is 401 g/mol. The molecule has 0 aromatic carbocycles. The Kier molecular flexibility index (Phi) is 5.90. The van der Waals surface area contributed by atoms with Gasteiger partial charge >= 0.3 is 23.9 Å². The quantitative estimate of drug-likeness (QED) is 0.584. The maximum atomic E-state index is 12.9. The summed E-state index contributed by atoms with van der Waals surface area (Å²) in [4.78, 5) is 39.8. The van der Waals surface area contributed by atoms with Crippen molar-refractivity contribution in [2.45, 2.75) is 38.6 Å². The first-order chi connectivity index (χ1) is 13.2. The van der Waals surface area contributed by atoms with Crippen molar-refractivity contribution in [3.63, 3.8) is 0 Å². The number of ether oxygens (including phenoxy) is 1. The van der Waals surface area contributed by atoms with Gasteiger partial charge in [-0.25, -0.2) is 14.6 Å². The van der Waals surface area contributed by atoms with Gasteiger partial charge in [0.15, 0.2) is 0 Å². The van der Waals surface area contributed by atoms with E-state index in [0.29, 0.717) is 12.3 Å². The normalized spacial score (nSPS) is 17.8. The number of carbonyl (C=O) groups excluding carboxylic acids is 1. The van der Waals surface area contributed by atoms with E-state index >= 15 is 0 Å². The van der Waals surface area contributed by atoms with Crippen molar-refractivity contribution in [2.24, 2.45) is 0 Å². The van der Waals surface area contributed by atoms with E-state index < -0.39 is 51.9 Å². The number of amides is 1. The molecule has 0 unspecified atom stereocenters. The number of hydrogen-bond donors (Lipinski definition) is 1. The number of halogens is 3. The lowest BCUT2D eigenvalue weighted by atomic mass is 10.1. The summed E-state index contributed by atoms with van der Waals surface area (Å²) in [5.74, 6) is -1.94. The second-order valence-electron chi connectivity index (χ2n) is 7.30. The van der Waals surface area contributed by atoms with Crippen molar-refractivity contribution in [3.8, 4) is 0 Å². The molecular formula is C16H19F3N4O6. The number of nitro groups is 1. The molecule has 0 radical (unpaired) electrons. The number of piperazine rings is 1. The minimum atomic E-state index is -4.85. The maximum absolute atomic E-state index is 12.9. The number of hydrogen-bond acceptors (Lipinski definition) is 7. The molecule has 1 atom stereocenters. The molecule has 1 aliphatic rings. The number of aromatic nitrogens is 1. The fourth-order valence-electron chi connectivity index (χ4n) is 2.70. The van der Waals surface area contributed by atoms with Crippen LogP contribution in [-0.2, 0) is 15.7 Å². The molecule has 0 saturated carbocycles. The smallest absolute Gasteiger partial charge is 0.418 e. The number of rotatable bonds is 3. The number of aliphatic carboxylic acids is 1. The number of carbonyl (C=O) groups is 2. The van der Waals surface area contributed by atoms with Crippen LogP contribution >= 0.6 is 0 Å². The van der Waals surface area contributed by atoms with Crippen LogP contribution in [0.4, 0.5) is 29.5 Å². The van der Waals surface area contributed by atoms with Crippen molar-refractivity contribution in [1.82, 2.24) is 9.88 Å². The molecule has 1 aromatic heterocycles. The summed E-state index contributed by atoms with van der Waals surface area (Å²) >= 11 is 0. The summed E-state index contributed by atoms with van der Waals surface area (Å²) in [6.07, 6.45) is -5.21. The Morgan fingerprint density at radius 3 is 2.41 bits per heavy atom. The van der Waals surface area contributed by atoms with Gasteiger partial charge in [0.05, 0.1) is 17.0 Å². The number of alkyl halides is 3. The first kappa shape index (κ1) is 22.2. The van der Waals surface area contributed by atoms with Gasteiger partial charge in [0.2, 0.25) is 5.82 Å². The van der Waals surface area contributed by atoms with Gasteiger partial charge in [-0.1, -0.05) is 0 Å². The highest BCUT2D eigenvalue weighted by atomic mass is 19.4. The summed E-state index contributed by atoms with van der Waals surface area (Å²) in [5, 5.41) is 20.8. The van der Waals surface area contributed by atoms with E-state index in [2.05, 4.69) is 4.98 Å². The number of carboxylic acids is 1. The van der Waals surface area contributed by atoms with Crippen LogP contribution in [0, 0.1) is 10.1 Å². The fraction of sp³-hybridized carbons (Fsp3) is 0.562. The topological polar surface area (TPSA) is 126 Å². The zero-order chi connectivity index (χ0) is 22.1. The van der Waals surface area contributed by atoms with Gasteiger partial charge in [-0.3, -0.25) is 10.1 Å². The molecule has 29 heavy (non-hydrogen) atoms. The second-order valence-corrected chi connectivity index (χ2v) is 7.30. The Bertz CT molecular complexity index is 824. The van der Waals surface area contributed by atoms with E-state index in [1.807, 2.05) is 0 Å². The zero-order valence-corrected chi connectivity index (χ0v) is 15.8. The first-order valence-corrected chi connectivity index (χ1v) is 8.39. The zero-order valence-electron chi connectivity index (χ0n) is 15.8. The Hall–Kier alpha value is -3.12. The highest BCUT2D eigenvalue weighted by molar-refractivity contribution is 5.81. The third-order valence-corrected chi connectivity index (χ3v) is 3.96. The number of anilines is 1. The minimum absolute atomic E-state index is 0.0570. The number of pyridine rings is 1. The van der Waals surface area contributed by atoms with Crippen molar-refractivity contribution < 1.29 is 37.5 Å². The number of nitrogens with zero attached hydrogens (tertiary/aromatic N) is 4. The van der Waals surface area contributed by atoms with Gasteiger partial charge in [-0.15, -0.1) is 0 Å². The van der Waals surface area contributed by atoms with Gasteiger partial charge in [-0.05, 0) is 20.8 Å². The molecule has 1 amide bonds. The third kappa shape index (κ3) is 5.23. The van der Waals surface area contributed by atoms with Gasteiger partial charge in [-0.2, -0.15) is 13.2 Å². The average molecular weight is 420 g/mol. The highest BCUT2D eigenvalue weighted by Crippen LogP contribution is 2.36. The Morgan fingerprint density at radius 1 is 1.31 bits per heavy atom. The van der Waals surface area contributed by atoms with Crippen molar-refractivity contribution in [2.75, 3.05) is 24.5 Å². The van der Waals surface area contributed by atoms with Crippen molar-refractivity contribution >= 4 is 23.6 Å². The molecule has 1 N–H and O–H groups in total. The van der Waals surface area contributed by atoms with Gasteiger partial charge in [0.25, 0.3) is 0 Å². The summed E-state index contributed by atoms with van der Waals surface area (Å²) in [6, 6.07) is -1.15. The van der Waals surface area contributed by atoms with Crippen LogP contribution in [0.25, 0.3) is 0 Å². The lowest BCUT2D eigenvalue weighted by molar-refractivity contribution is -0.384. The highest BCUT2D eigenvalue weighted by Gasteiger charge is 2.41. The molecule has 1 fully saturated rings. The standard InChI is InChI=1S/C16H19F3N4O6/c1-15(2,3)29-14(26)21-4-5-22(11(8-21)13(24)25)12-10(23(27)28)6-9(7-20-12)16(17,18)19/h6-7,11H,4-5,8H2,1-3H3,(H,24,25)/t11-/m1/s1. The van der Waals surface area contributed by atoms with E-state index in [9.17, 15) is 38.0 Å². The molecule has 0 bridgehead atoms. The third-order valence-electron chi connectivity index (χ3n) is 3.96. The predicted octanol–water partition coefficient (Wildman–Crippen LogP) is 2.52. The molecule has 0 spiro atoms. The maximum Gasteiger partial charge on any atom is 0.418 e. The predicted molar refractivity (Wildman–Crippen MR) is 92.5 cm³/mol. The molecule has 10 nitrogen and oxygen atoms in total. The number of carboxylic acid groups (broad SMARTS) is 1. The first-order valence-electron chi connectivity index (χ1n) is 8.39. The lowest BCUT2D eigenvalue weighted by Crippen LogP contribution is -2.58. The van der Waals surface area contributed by atoms with Crippen LogP contribution in [0.1, 0.15) is 26.3 Å². The fourth-order valence-corrected chi connectivity index (χ4v) is 2.70. The molecule has 2 rings (SSSR count). The lowest BCUT2D eigenvalue weighted by Gasteiger charge is -2.39. The van der Waals surface area contributed by atoms with E-state index in [0.717, 1.165) is 9.80 Å². The summed E-state index contributed by atoms with van der Waals surface area (Å²) in [6.45, 7) is 4.25. The van der Waals surface area contributed by atoms with Gasteiger partial charge in [0, 0.05) is 25.4 Å². The van der Waals surface area contributed by atoms with E-state index in [-0.39, 0.29) is 19.6 Å². The van der Waals surface area contributed by atoms with Crippen molar-refractivity contribution in [1.29, 1.82) is 0 Å². The van der Waals surface area contributed by atoms with Crippen LogP contribution in [0.2, 0.25) is 0 Å². The van der Waals surface area contributed by atoms with Crippen LogP contribution < -0.4 is 4.90 Å². The Labute approximate surface area is 163 Å². The molecule has 1 saturated heterocycles. The van der Waals surface area contributed by atoms with Gasteiger partial charge < -0.3 is 19.6 Å². The van der Waals surface area contributed by atoms with Crippen LogP contribution in [0.3, 0.4) is 0 Å². The second kappa shape index (κ2) is 7.72. The average Bonchev–Trinajstić information content (AvgIpc) is 2.58. The van der Waals surface area contributed by atoms with E-state index in [4.69, 9.17) is 4.74 Å². The van der Waals surface area contributed by atoms with Crippen LogP contribution in [0.5, 0.6) is 0 Å². The Balaban J connectivity index is 2.36. The molecule has 2 heterocycles. The molecule has 1 aliphatic heterocycles. The van der Waals surface area contributed by atoms with Crippen LogP contribution in [-0.4, -0.2) is 63.3 Å². The molecule has 13 heteroatoms. The molecule has 160 valence electrons. The Morgan fingerprint density at radius 2 is 1.93 bits per heavy atom. The SMILES string of the molecule is CC(C)(C)OC(=O)N1CCN(c2ncc(C(F)(F)F)cc2[N+](=O)[O-])[C@@H](C(=O)O)C1. The summed E-state index contributed by atoms with van der Waals surface area (Å²) in [5.41, 5.74) is -3.12. The largest absolute Gasteiger partial charge is 0.480 e. The van der Waals surface area contributed by atoms with Crippen molar-refractivity contribution in [3.05, 3.63) is 27.9 Å². The van der Waals surface area contributed by atoms with E-state index in [1.165, 1.54) is 0 Å². The summed E-state index contributed by atoms with van der Waals surface area (Å²) < 4.78 is 43.8. The molecule has 1 aromatic rings. The monoisotopic (exact) mass is 420 g/mol.